The molecule has 2 rings (SSSR count). The van der Waals surface area contributed by atoms with Gasteiger partial charge in [-0.15, -0.1) is 0 Å². The van der Waals surface area contributed by atoms with Gasteiger partial charge in [0.2, 0.25) is 0 Å². The van der Waals surface area contributed by atoms with Crippen molar-refractivity contribution < 1.29 is 4.79 Å². The highest BCUT2D eigenvalue weighted by Gasteiger charge is 2.21. The molecule has 74 valence electrons. The van der Waals surface area contributed by atoms with Gasteiger partial charge in [0.1, 0.15) is 0 Å². The SMILES string of the molecule is O=C1NC[C@@H](c2ccc(Cl)c(Br)c2)N1. The minimum absolute atomic E-state index is 0.0380. The van der Waals surface area contributed by atoms with Gasteiger partial charge in [-0.25, -0.2) is 4.79 Å². The van der Waals surface area contributed by atoms with E-state index in [0.29, 0.717) is 11.6 Å². The van der Waals surface area contributed by atoms with E-state index in [1.165, 1.54) is 0 Å². The molecular weight excluding hydrogens is 267 g/mol. The van der Waals surface area contributed by atoms with E-state index >= 15 is 0 Å². The molecule has 1 aromatic carbocycles. The average molecular weight is 276 g/mol. The predicted molar refractivity (Wildman–Crippen MR) is 58.4 cm³/mol. The predicted octanol–water partition coefficient (Wildman–Crippen LogP) is 2.46. The van der Waals surface area contributed by atoms with Crippen LogP contribution >= 0.6 is 27.5 Å². The summed E-state index contributed by atoms with van der Waals surface area (Å²) in [7, 11) is 0. The summed E-state index contributed by atoms with van der Waals surface area (Å²) in [5, 5.41) is 6.18. The van der Waals surface area contributed by atoms with E-state index < -0.39 is 0 Å². The van der Waals surface area contributed by atoms with Crippen molar-refractivity contribution in [3.05, 3.63) is 33.3 Å². The normalized spacial score (nSPS) is 20.4. The summed E-state index contributed by atoms with van der Waals surface area (Å²) < 4.78 is 0.845. The molecule has 3 nitrogen and oxygen atoms in total. The Morgan fingerprint density at radius 2 is 2.29 bits per heavy atom. The highest BCUT2D eigenvalue weighted by atomic mass is 79.9. The number of halogens is 2. The van der Waals surface area contributed by atoms with Crippen LogP contribution in [-0.2, 0) is 0 Å². The van der Waals surface area contributed by atoms with Crippen molar-refractivity contribution in [1.29, 1.82) is 0 Å². The molecule has 2 N–H and O–H groups in total. The van der Waals surface area contributed by atoms with E-state index in [1.807, 2.05) is 18.2 Å². The number of carbonyl (C=O) groups is 1. The Hall–Kier alpha value is -0.740. The number of hydrogen-bond acceptors (Lipinski definition) is 1. The third kappa shape index (κ3) is 1.86. The van der Waals surface area contributed by atoms with Gasteiger partial charge in [0.25, 0.3) is 0 Å². The maximum Gasteiger partial charge on any atom is 0.315 e. The highest BCUT2D eigenvalue weighted by molar-refractivity contribution is 9.10. The Morgan fingerprint density at radius 3 is 2.86 bits per heavy atom. The molecule has 0 unspecified atom stereocenters. The number of amides is 2. The number of rotatable bonds is 1. The van der Waals surface area contributed by atoms with Crippen molar-refractivity contribution >= 4 is 33.6 Å². The van der Waals surface area contributed by atoms with E-state index in [4.69, 9.17) is 11.6 Å². The van der Waals surface area contributed by atoms with E-state index in [9.17, 15) is 4.79 Å². The minimum Gasteiger partial charge on any atom is -0.336 e. The van der Waals surface area contributed by atoms with Crippen LogP contribution in [0.15, 0.2) is 22.7 Å². The second-order valence-electron chi connectivity index (χ2n) is 3.08. The molecule has 0 aromatic heterocycles. The van der Waals surface area contributed by atoms with Crippen LogP contribution in [0.2, 0.25) is 5.02 Å². The van der Waals surface area contributed by atoms with Crippen molar-refractivity contribution in [1.82, 2.24) is 10.6 Å². The fraction of sp³-hybridized carbons (Fsp3) is 0.222. The minimum atomic E-state index is -0.124. The summed E-state index contributed by atoms with van der Waals surface area (Å²) in [6.45, 7) is 0.618. The van der Waals surface area contributed by atoms with Crippen LogP contribution in [0.3, 0.4) is 0 Å². The average Bonchev–Trinajstić information content (AvgIpc) is 2.57. The van der Waals surface area contributed by atoms with E-state index in [0.717, 1.165) is 10.0 Å². The van der Waals surface area contributed by atoms with Crippen LogP contribution in [0.1, 0.15) is 11.6 Å². The Bertz CT molecular complexity index is 383. The number of nitrogens with one attached hydrogen (secondary N) is 2. The lowest BCUT2D eigenvalue weighted by Crippen LogP contribution is -2.21. The van der Waals surface area contributed by atoms with Crippen LogP contribution in [0.4, 0.5) is 4.79 Å². The monoisotopic (exact) mass is 274 g/mol. The maximum atomic E-state index is 10.9. The Balaban J connectivity index is 2.24. The molecule has 14 heavy (non-hydrogen) atoms. The van der Waals surface area contributed by atoms with Gasteiger partial charge in [-0.05, 0) is 33.6 Å². The van der Waals surface area contributed by atoms with Crippen molar-refractivity contribution in [2.24, 2.45) is 0 Å². The third-order valence-corrected chi connectivity index (χ3v) is 3.33. The van der Waals surface area contributed by atoms with Crippen LogP contribution in [0.5, 0.6) is 0 Å². The fourth-order valence-electron chi connectivity index (χ4n) is 1.39. The quantitative estimate of drug-likeness (QED) is 0.812. The van der Waals surface area contributed by atoms with E-state index in [2.05, 4.69) is 26.6 Å². The lowest BCUT2D eigenvalue weighted by atomic mass is 10.1. The molecule has 1 aliphatic heterocycles. The molecular formula is C9H8BrClN2O. The second-order valence-corrected chi connectivity index (χ2v) is 4.34. The Kier molecular flexibility index (Phi) is 2.65. The zero-order valence-corrected chi connectivity index (χ0v) is 9.52. The molecule has 1 atom stereocenters. The number of hydrogen-bond donors (Lipinski definition) is 2. The van der Waals surface area contributed by atoms with Gasteiger partial charge in [-0.1, -0.05) is 17.7 Å². The first kappa shape index (κ1) is 9.80. The molecule has 0 radical (unpaired) electrons. The standard InChI is InChI=1S/C9H8BrClN2O/c10-6-3-5(1-2-7(6)11)8-4-12-9(14)13-8/h1-3,8H,4H2,(H2,12,13,14)/t8-/m0/s1. The molecule has 0 aliphatic carbocycles. The summed E-state index contributed by atoms with van der Waals surface area (Å²) >= 11 is 9.21. The van der Waals surface area contributed by atoms with Crippen LogP contribution in [0.25, 0.3) is 0 Å². The van der Waals surface area contributed by atoms with Gasteiger partial charge < -0.3 is 10.6 Å². The van der Waals surface area contributed by atoms with Crippen molar-refractivity contribution in [3.63, 3.8) is 0 Å². The topological polar surface area (TPSA) is 41.1 Å². The number of carbonyl (C=O) groups excluding carboxylic acids is 1. The third-order valence-electron chi connectivity index (χ3n) is 2.12. The molecule has 0 spiro atoms. The molecule has 2 amide bonds. The summed E-state index contributed by atoms with van der Waals surface area (Å²) in [5.41, 5.74) is 1.04. The van der Waals surface area contributed by atoms with Crippen LogP contribution < -0.4 is 10.6 Å². The van der Waals surface area contributed by atoms with E-state index in [-0.39, 0.29) is 12.1 Å². The zero-order chi connectivity index (χ0) is 10.1. The van der Waals surface area contributed by atoms with Crippen LogP contribution in [-0.4, -0.2) is 12.6 Å². The lowest BCUT2D eigenvalue weighted by molar-refractivity contribution is 0.247. The summed E-state index contributed by atoms with van der Waals surface area (Å²) in [4.78, 5) is 10.9. The molecule has 1 heterocycles. The first-order valence-corrected chi connectivity index (χ1v) is 5.33. The molecule has 0 saturated carbocycles. The fourth-order valence-corrected chi connectivity index (χ4v) is 1.90. The van der Waals surface area contributed by atoms with Gasteiger partial charge in [0.15, 0.2) is 0 Å². The van der Waals surface area contributed by atoms with Crippen molar-refractivity contribution in [2.45, 2.75) is 6.04 Å². The molecule has 1 fully saturated rings. The van der Waals surface area contributed by atoms with Crippen molar-refractivity contribution in [2.75, 3.05) is 6.54 Å². The first-order chi connectivity index (χ1) is 6.66. The summed E-state index contributed by atoms with van der Waals surface area (Å²) in [6.07, 6.45) is 0. The van der Waals surface area contributed by atoms with Gasteiger partial charge in [0.05, 0.1) is 11.1 Å². The van der Waals surface area contributed by atoms with Gasteiger partial charge >= 0.3 is 6.03 Å². The zero-order valence-electron chi connectivity index (χ0n) is 7.18. The van der Waals surface area contributed by atoms with Crippen molar-refractivity contribution in [3.8, 4) is 0 Å². The molecule has 0 bridgehead atoms. The number of urea groups is 1. The Morgan fingerprint density at radius 1 is 1.50 bits per heavy atom. The summed E-state index contributed by atoms with van der Waals surface area (Å²) in [5.74, 6) is 0. The smallest absolute Gasteiger partial charge is 0.315 e. The lowest BCUT2D eigenvalue weighted by Gasteiger charge is -2.09. The molecule has 5 heteroatoms. The van der Waals surface area contributed by atoms with E-state index in [1.54, 1.807) is 0 Å². The highest BCUT2D eigenvalue weighted by Crippen LogP contribution is 2.26. The van der Waals surface area contributed by atoms with Gasteiger partial charge in [0, 0.05) is 11.0 Å². The molecule has 1 aliphatic rings. The van der Waals surface area contributed by atoms with Gasteiger partial charge in [-0.3, -0.25) is 0 Å². The maximum absolute atomic E-state index is 10.9. The summed E-state index contributed by atoms with van der Waals surface area (Å²) in [6, 6.07) is 5.55. The second kappa shape index (κ2) is 3.79. The van der Waals surface area contributed by atoms with Crippen LogP contribution in [0, 0.1) is 0 Å². The Labute approximate surface area is 95.0 Å². The molecule has 1 saturated heterocycles. The largest absolute Gasteiger partial charge is 0.336 e. The van der Waals surface area contributed by atoms with Gasteiger partial charge in [-0.2, -0.15) is 0 Å². The number of benzene rings is 1. The first-order valence-electron chi connectivity index (χ1n) is 4.16. The molecule has 1 aromatic rings.